The highest BCUT2D eigenvalue weighted by molar-refractivity contribution is 5.99. The van der Waals surface area contributed by atoms with Crippen LogP contribution in [-0.2, 0) is 14.3 Å². The number of hydrogen-bond acceptors (Lipinski definition) is 5. The lowest BCUT2D eigenvalue weighted by Gasteiger charge is -2.15. The van der Waals surface area contributed by atoms with Gasteiger partial charge >= 0.3 is 5.97 Å². The lowest BCUT2D eigenvalue weighted by Crippen LogP contribution is -2.31. The summed E-state index contributed by atoms with van der Waals surface area (Å²) in [6.07, 6.45) is 1.29. The van der Waals surface area contributed by atoms with E-state index in [-0.39, 0.29) is 11.5 Å². The molecular formula is C21H18F2N2O5. The third-order valence-corrected chi connectivity index (χ3v) is 4.50. The minimum absolute atomic E-state index is 0.0302. The molecule has 1 aliphatic rings. The maximum Gasteiger partial charge on any atom is 0.325 e. The van der Waals surface area contributed by atoms with Crippen molar-refractivity contribution in [3.63, 3.8) is 0 Å². The fourth-order valence-electron chi connectivity index (χ4n) is 2.95. The molecule has 1 fully saturated rings. The molecule has 0 atom stereocenters. The fourth-order valence-corrected chi connectivity index (χ4v) is 2.95. The van der Waals surface area contributed by atoms with Crippen LogP contribution in [0.15, 0.2) is 42.5 Å². The first-order valence-corrected chi connectivity index (χ1v) is 9.17. The molecular weight excluding hydrogens is 398 g/mol. The zero-order valence-electron chi connectivity index (χ0n) is 15.8. The van der Waals surface area contributed by atoms with Crippen LogP contribution in [0, 0.1) is 11.6 Å². The van der Waals surface area contributed by atoms with Gasteiger partial charge in [-0.15, -0.1) is 0 Å². The third kappa shape index (κ3) is 5.05. The molecule has 0 spiro atoms. The first kappa shape index (κ1) is 21.1. The normalized spacial score (nSPS) is 13.3. The van der Waals surface area contributed by atoms with Crippen molar-refractivity contribution in [2.75, 3.05) is 24.6 Å². The second-order valence-corrected chi connectivity index (χ2v) is 6.59. The summed E-state index contributed by atoms with van der Waals surface area (Å²) >= 11 is 0. The molecule has 2 aromatic carbocycles. The Hall–Kier alpha value is -3.62. The lowest BCUT2D eigenvalue weighted by molar-refractivity contribution is -0.141. The quantitative estimate of drug-likeness (QED) is 0.552. The van der Waals surface area contributed by atoms with Gasteiger partial charge in [0.2, 0.25) is 11.7 Å². The molecule has 0 radical (unpaired) electrons. The van der Waals surface area contributed by atoms with Gasteiger partial charge in [0.1, 0.15) is 18.2 Å². The molecule has 2 amide bonds. The van der Waals surface area contributed by atoms with Gasteiger partial charge in [0.15, 0.2) is 6.61 Å². The number of ketones is 1. The van der Waals surface area contributed by atoms with E-state index in [1.165, 1.54) is 12.1 Å². The first-order valence-electron chi connectivity index (χ1n) is 9.17. The van der Waals surface area contributed by atoms with Gasteiger partial charge in [-0.25, -0.2) is 8.78 Å². The maximum absolute atomic E-state index is 13.5. The Morgan fingerprint density at radius 1 is 1.07 bits per heavy atom. The Morgan fingerprint density at radius 3 is 2.47 bits per heavy atom. The summed E-state index contributed by atoms with van der Waals surface area (Å²) < 4.78 is 31.3. The van der Waals surface area contributed by atoms with Crippen molar-refractivity contribution in [2.45, 2.75) is 12.8 Å². The molecule has 1 heterocycles. The van der Waals surface area contributed by atoms with Crippen LogP contribution in [0.2, 0.25) is 0 Å². The number of hydrogen-bond donors (Lipinski definition) is 1. The highest BCUT2D eigenvalue weighted by Crippen LogP contribution is 2.21. The molecule has 1 aliphatic heterocycles. The second-order valence-electron chi connectivity index (χ2n) is 6.59. The Labute approximate surface area is 170 Å². The van der Waals surface area contributed by atoms with Crippen molar-refractivity contribution in [3.8, 4) is 0 Å². The molecule has 7 nitrogen and oxygen atoms in total. The van der Waals surface area contributed by atoms with Gasteiger partial charge in [0, 0.05) is 24.2 Å². The minimum Gasteiger partial charge on any atom is -0.456 e. The van der Waals surface area contributed by atoms with Gasteiger partial charge in [0.05, 0.1) is 5.56 Å². The molecule has 0 aliphatic carbocycles. The monoisotopic (exact) mass is 416 g/mol. The van der Waals surface area contributed by atoms with Crippen molar-refractivity contribution in [1.82, 2.24) is 5.32 Å². The highest BCUT2D eigenvalue weighted by atomic mass is 19.1. The Bertz CT molecular complexity index is 991. The number of halogens is 2. The largest absolute Gasteiger partial charge is 0.456 e. The van der Waals surface area contributed by atoms with Crippen LogP contribution >= 0.6 is 0 Å². The number of carbonyl (C=O) groups excluding carboxylic acids is 4. The number of rotatable bonds is 7. The number of nitrogens with one attached hydrogen (secondary N) is 1. The van der Waals surface area contributed by atoms with E-state index in [1.807, 2.05) is 0 Å². The number of ether oxygens (including phenoxy) is 1. The Balaban J connectivity index is 1.47. The van der Waals surface area contributed by atoms with E-state index >= 15 is 0 Å². The molecule has 30 heavy (non-hydrogen) atoms. The summed E-state index contributed by atoms with van der Waals surface area (Å²) in [5, 5.41) is 2.34. The van der Waals surface area contributed by atoms with Crippen LogP contribution in [0.3, 0.4) is 0 Å². The van der Waals surface area contributed by atoms with Crippen LogP contribution in [0.1, 0.15) is 33.6 Å². The van der Waals surface area contributed by atoms with E-state index in [9.17, 15) is 28.0 Å². The van der Waals surface area contributed by atoms with Crippen LogP contribution < -0.4 is 10.2 Å². The van der Waals surface area contributed by atoms with Crippen LogP contribution in [-0.4, -0.2) is 43.3 Å². The smallest absolute Gasteiger partial charge is 0.325 e. The fraction of sp³-hybridized carbons (Fsp3) is 0.238. The van der Waals surface area contributed by atoms with Gasteiger partial charge in [-0.3, -0.25) is 19.2 Å². The molecule has 0 aromatic heterocycles. The summed E-state index contributed by atoms with van der Waals surface area (Å²) in [6.45, 7) is -0.661. The second kappa shape index (κ2) is 9.25. The molecule has 0 bridgehead atoms. The lowest BCUT2D eigenvalue weighted by atomic mass is 10.1. The van der Waals surface area contributed by atoms with E-state index in [1.54, 1.807) is 17.0 Å². The highest BCUT2D eigenvalue weighted by Gasteiger charge is 2.22. The van der Waals surface area contributed by atoms with Crippen LogP contribution in [0.4, 0.5) is 14.5 Å². The summed E-state index contributed by atoms with van der Waals surface area (Å²) in [4.78, 5) is 49.1. The Morgan fingerprint density at radius 2 is 1.80 bits per heavy atom. The van der Waals surface area contributed by atoms with Crippen molar-refractivity contribution in [2.24, 2.45) is 0 Å². The maximum atomic E-state index is 13.5. The molecule has 9 heteroatoms. The van der Waals surface area contributed by atoms with Crippen molar-refractivity contribution >= 4 is 29.3 Å². The van der Waals surface area contributed by atoms with Gasteiger partial charge in [-0.2, -0.15) is 0 Å². The molecule has 2 aromatic rings. The summed E-state index contributed by atoms with van der Waals surface area (Å²) in [5.74, 6) is -4.05. The van der Waals surface area contributed by atoms with E-state index < -0.39 is 48.0 Å². The zero-order chi connectivity index (χ0) is 21.7. The predicted molar refractivity (Wildman–Crippen MR) is 102 cm³/mol. The van der Waals surface area contributed by atoms with Gasteiger partial charge < -0.3 is 15.0 Å². The van der Waals surface area contributed by atoms with Crippen molar-refractivity contribution in [3.05, 3.63) is 65.2 Å². The first-order chi connectivity index (χ1) is 14.3. The SMILES string of the molecule is O=C(CNC(=O)c1ccc(N2CCCC2=O)cc1)OCC(=O)c1cc(F)ccc1F. The van der Waals surface area contributed by atoms with E-state index in [4.69, 9.17) is 4.74 Å². The molecule has 0 unspecified atom stereocenters. The third-order valence-electron chi connectivity index (χ3n) is 4.50. The van der Waals surface area contributed by atoms with E-state index in [0.717, 1.165) is 18.6 Å². The minimum atomic E-state index is -0.926. The topological polar surface area (TPSA) is 92.8 Å². The number of carbonyl (C=O) groups is 4. The number of benzene rings is 2. The Kier molecular flexibility index (Phi) is 6.51. The predicted octanol–water partition coefficient (Wildman–Crippen LogP) is 2.25. The van der Waals surface area contributed by atoms with Crippen molar-refractivity contribution < 1.29 is 32.7 Å². The zero-order valence-corrected chi connectivity index (χ0v) is 15.8. The van der Waals surface area contributed by atoms with Crippen LogP contribution in [0.5, 0.6) is 0 Å². The van der Waals surface area contributed by atoms with E-state index in [0.29, 0.717) is 24.7 Å². The molecule has 0 saturated carbocycles. The standard InChI is InChI=1S/C21H18F2N2O5/c22-14-5-8-17(23)16(10-14)18(26)12-30-20(28)11-24-21(29)13-3-6-15(7-4-13)25-9-1-2-19(25)27/h3-8,10H,1-2,9,11-12H2,(H,24,29). The van der Waals surface area contributed by atoms with Gasteiger partial charge in [0.25, 0.3) is 5.91 Å². The number of anilines is 1. The molecule has 156 valence electrons. The number of Topliss-reactive ketones (excluding diaryl/α,β-unsaturated/α-hetero) is 1. The van der Waals surface area contributed by atoms with Gasteiger partial charge in [-0.05, 0) is 48.9 Å². The number of amides is 2. The van der Waals surface area contributed by atoms with Crippen LogP contribution in [0.25, 0.3) is 0 Å². The number of esters is 1. The molecule has 1 N–H and O–H groups in total. The summed E-state index contributed by atoms with van der Waals surface area (Å²) in [7, 11) is 0. The molecule has 3 rings (SSSR count). The van der Waals surface area contributed by atoms with E-state index in [2.05, 4.69) is 5.32 Å². The summed E-state index contributed by atoms with van der Waals surface area (Å²) in [5.41, 5.74) is 0.441. The van der Waals surface area contributed by atoms with Crippen molar-refractivity contribution in [1.29, 1.82) is 0 Å². The average Bonchev–Trinajstić information content (AvgIpc) is 3.18. The summed E-state index contributed by atoms with van der Waals surface area (Å²) in [6, 6.07) is 8.71. The molecule has 1 saturated heterocycles. The van der Waals surface area contributed by atoms with Gasteiger partial charge in [-0.1, -0.05) is 0 Å². The average molecular weight is 416 g/mol. The number of nitrogens with zero attached hydrogens (tertiary/aromatic N) is 1.